The monoisotopic (exact) mass is 325 g/mol. The van der Waals surface area contributed by atoms with Gasteiger partial charge in [-0.05, 0) is 34.5 Å². The van der Waals surface area contributed by atoms with Crippen LogP contribution in [-0.2, 0) is 4.79 Å². The van der Waals surface area contributed by atoms with Crippen molar-refractivity contribution in [1.82, 2.24) is 0 Å². The molecule has 114 valence electrons. The second-order valence-electron chi connectivity index (χ2n) is 5.69. The molecule has 3 aromatic carbocycles. The van der Waals surface area contributed by atoms with Crippen molar-refractivity contribution in [3.63, 3.8) is 0 Å². The van der Waals surface area contributed by atoms with Gasteiger partial charge in [-0.15, -0.1) is 0 Å². The van der Waals surface area contributed by atoms with Crippen LogP contribution < -0.4 is 5.32 Å². The predicted octanol–water partition coefficient (Wildman–Crippen LogP) is 5.11. The van der Waals surface area contributed by atoms with Gasteiger partial charge >= 0.3 is 0 Å². The quantitative estimate of drug-likeness (QED) is 0.662. The highest BCUT2D eigenvalue weighted by Crippen LogP contribution is 2.44. The number of benzene rings is 3. The lowest BCUT2D eigenvalue weighted by Gasteiger charge is -2.28. The van der Waals surface area contributed by atoms with E-state index in [1.165, 1.54) is 6.07 Å². The Bertz CT molecular complexity index is 918. The van der Waals surface area contributed by atoms with E-state index >= 15 is 0 Å². The average molecular weight is 326 g/mol. The molecule has 3 aromatic rings. The Hall–Kier alpha value is -2.39. The van der Waals surface area contributed by atoms with E-state index in [2.05, 4.69) is 5.32 Å². The third-order valence-corrected chi connectivity index (χ3v) is 4.66. The van der Waals surface area contributed by atoms with Crippen LogP contribution in [0.2, 0.25) is 5.02 Å². The molecule has 4 rings (SSSR count). The van der Waals surface area contributed by atoms with Crippen LogP contribution in [0.25, 0.3) is 10.8 Å². The van der Waals surface area contributed by atoms with Crippen molar-refractivity contribution in [3.8, 4) is 0 Å². The summed E-state index contributed by atoms with van der Waals surface area (Å²) in [7, 11) is 0. The number of halogens is 2. The molecule has 0 unspecified atom stereocenters. The number of rotatable bonds is 1. The second-order valence-corrected chi connectivity index (χ2v) is 6.10. The first-order valence-electron chi connectivity index (χ1n) is 7.40. The third kappa shape index (κ3) is 2.28. The largest absolute Gasteiger partial charge is 0.326 e. The molecule has 0 spiro atoms. The molecule has 0 aliphatic carbocycles. The average Bonchev–Trinajstić information content (AvgIpc) is 2.54. The van der Waals surface area contributed by atoms with Gasteiger partial charge < -0.3 is 5.32 Å². The molecular weight excluding hydrogens is 313 g/mol. The van der Waals surface area contributed by atoms with E-state index in [1.807, 2.05) is 36.4 Å². The molecule has 0 saturated carbocycles. The summed E-state index contributed by atoms with van der Waals surface area (Å²) in [5, 5.41) is 5.30. The number of anilines is 1. The van der Waals surface area contributed by atoms with Gasteiger partial charge in [-0.25, -0.2) is 4.39 Å². The topological polar surface area (TPSA) is 29.1 Å². The van der Waals surface area contributed by atoms with Crippen LogP contribution in [0.4, 0.5) is 10.1 Å². The molecule has 1 N–H and O–H groups in total. The minimum atomic E-state index is -0.390. The second kappa shape index (κ2) is 5.36. The summed E-state index contributed by atoms with van der Waals surface area (Å²) in [6, 6.07) is 16.4. The van der Waals surface area contributed by atoms with Gasteiger partial charge in [0, 0.05) is 28.6 Å². The Balaban J connectivity index is 2.04. The number of amides is 1. The molecule has 1 aliphatic rings. The summed E-state index contributed by atoms with van der Waals surface area (Å²) in [5.41, 5.74) is 2.04. The Labute approximate surface area is 137 Å². The molecule has 1 aliphatic heterocycles. The van der Waals surface area contributed by atoms with Crippen LogP contribution in [0.5, 0.6) is 0 Å². The van der Waals surface area contributed by atoms with E-state index in [0.29, 0.717) is 10.6 Å². The minimum absolute atomic E-state index is 0.128. The molecule has 2 nitrogen and oxygen atoms in total. The zero-order chi connectivity index (χ0) is 16.0. The van der Waals surface area contributed by atoms with Gasteiger partial charge in [0.15, 0.2) is 0 Å². The molecule has 0 fully saturated rings. The molecule has 0 saturated heterocycles. The highest BCUT2D eigenvalue weighted by molar-refractivity contribution is 6.31. The maximum atomic E-state index is 14.4. The first-order valence-corrected chi connectivity index (χ1v) is 7.78. The zero-order valence-corrected chi connectivity index (χ0v) is 12.9. The van der Waals surface area contributed by atoms with E-state index in [0.717, 1.165) is 22.0 Å². The van der Waals surface area contributed by atoms with E-state index in [-0.39, 0.29) is 18.1 Å². The van der Waals surface area contributed by atoms with Gasteiger partial charge in [-0.2, -0.15) is 0 Å². The Morgan fingerprint density at radius 2 is 1.83 bits per heavy atom. The Morgan fingerprint density at radius 1 is 1.00 bits per heavy atom. The Morgan fingerprint density at radius 3 is 2.65 bits per heavy atom. The van der Waals surface area contributed by atoms with Gasteiger partial charge in [-0.3, -0.25) is 4.79 Å². The lowest BCUT2D eigenvalue weighted by molar-refractivity contribution is -0.116. The summed E-state index contributed by atoms with van der Waals surface area (Å²) in [4.78, 5) is 12.1. The fourth-order valence-corrected chi connectivity index (χ4v) is 3.65. The highest BCUT2D eigenvalue weighted by Gasteiger charge is 2.31. The minimum Gasteiger partial charge on any atom is -0.326 e. The number of carbonyl (C=O) groups excluding carboxylic acids is 1. The molecule has 1 atom stereocenters. The van der Waals surface area contributed by atoms with Crippen molar-refractivity contribution in [2.45, 2.75) is 12.3 Å². The van der Waals surface area contributed by atoms with Crippen LogP contribution >= 0.6 is 11.6 Å². The first-order chi connectivity index (χ1) is 11.1. The fraction of sp³-hybridized carbons (Fsp3) is 0.105. The summed E-state index contributed by atoms with van der Waals surface area (Å²) in [6.45, 7) is 0. The fourth-order valence-electron chi connectivity index (χ4n) is 3.36. The molecule has 1 amide bonds. The standard InChI is InChI=1S/C19H13ClFNO/c20-14-6-3-7-15(21)19(14)13-10-17(23)22-16-9-8-11-4-1-2-5-12(11)18(13)16/h1-9,13H,10H2,(H,22,23)/t13-/m0/s1. The molecule has 23 heavy (non-hydrogen) atoms. The van der Waals surface area contributed by atoms with Crippen LogP contribution in [0.3, 0.4) is 0 Å². The lowest BCUT2D eigenvalue weighted by Crippen LogP contribution is -2.24. The van der Waals surface area contributed by atoms with Crippen LogP contribution in [0, 0.1) is 5.82 Å². The molecule has 4 heteroatoms. The number of nitrogens with one attached hydrogen (secondary N) is 1. The van der Waals surface area contributed by atoms with Crippen molar-refractivity contribution in [2.75, 3.05) is 5.32 Å². The van der Waals surface area contributed by atoms with Crippen LogP contribution in [0.1, 0.15) is 23.5 Å². The summed E-state index contributed by atoms with van der Waals surface area (Å²) in [5.74, 6) is -0.897. The normalized spacial score (nSPS) is 17.0. The number of carbonyl (C=O) groups is 1. The Kier molecular flexibility index (Phi) is 3.31. The highest BCUT2D eigenvalue weighted by atomic mass is 35.5. The maximum absolute atomic E-state index is 14.4. The van der Waals surface area contributed by atoms with E-state index in [1.54, 1.807) is 12.1 Å². The van der Waals surface area contributed by atoms with Crippen molar-refractivity contribution < 1.29 is 9.18 Å². The smallest absolute Gasteiger partial charge is 0.225 e. The molecule has 0 bridgehead atoms. The van der Waals surface area contributed by atoms with Crippen molar-refractivity contribution in [1.29, 1.82) is 0 Å². The summed E-state index contributed by atoms with van der Waals surface area (Å²) < 4.78 is 14.4. The van der Waals surface area contributed by atoms with Gasteiger partial charge in [0.2, 0.25) is 5.91 Å². The summed E-state index contributed by atoms with van der Waals surface area (Å²) in [6.07, 6.45) is 0.182. The maximum Gasteiger partial charge on any atom is 0.225 e. The summed E-state index contributed by atoms with van der Waals surface area (Å²) >= 11 is 6.26. The van der Waals surface area contributed by atoms with Gasteiger partial charge in [0.25, 0.3) is 0 Å². The van der Waals surface area contributed by atoms with Crippen molar-refractivity contribution in [2.24, 2.45) is 0 Å². The molecular formula is C19H13ClFNO. The molecule has 1 heterocycles. The van der Waals surface area contributed by atoms with Crippen LogP contribution in [0.15, 0.2) is 54.6 Å². The van der Waals surface area contributed by atoms with Crippen molar-refractivity contribution >= 4 is 34.0 Å². The van der Waals surface area contributed by atoms with Crippen LogP contribution in [-0.4, -0.2) is 5.91 Å². The van der Waals surface area contributed by atoms with E-state index in [9.17, 15) is 9.18 Å². The van der Waals surface area contributed by atoms with E-state index < -0.39 is 5.92 Å². The number of fused-ring (bicyclic) bond motifs is 3. The molecule has 0 aromatic heterocycles. The first kappa shape index (κ1) is 14.2. The number of hydrogen-bond acceptors (Lipinski definition) is 1. The van der Waals surface area contributed by atoms with Gasteiger partial charge in [0.1, 0.15) is 5.82 Å². The zero-order valence-electron chi connectivity index (χ0n) is 12.1. The lowest BCUT2D eigenvalue weighted by atomic mass is 9.82. The number of hydrogen-bond donors (Lipinski definition) is 1. The predicted molar refractivity (Wildman–Crippen MR) is 90.4 cm³/mol. The van der Waals surface area contributed by atoms with Crippen molar-refractivity contribution in [3.05, 3.63) is 76.6 Å². The third-order valence-electron chi connectivity index (χ3n) is 4.33. The molecule has 0 radical (unpaired) electrons. The van der Waals surface area contributed by atoms with E-state index in [4.69, 9.17) is 11.6 Å². The van der Waals surface area contributed by atoms with Gasteiger partial charge in [-0.1, -0.05) is 48.0 Å². The van der Waals surface area contributed by atoms with Gasteiger partial charge in [0.05, 0.1) is 0 Å². The SMILES string of the molecule is O=C1C[C@H](c2c(F)cccc2Cl)c2c(ccc3ccccc23)N1.